The van der Waals surface area contributed by atoms with E-state index in [4.69, 9.17) is 0 Å². The third-order valence-electron chi connectivity index (χ3n) is 3.28. The average Bonchev–Trinajstić information content (AvgIpc) is 2.39. The molecule has 0 fully saturated rings. The van der Waals surface area contributed by atoms with Gasteiger partial charge in [-0.15, -0.1) is 0 Å². The Labute approximate surface area is 219 Å². The van der Waals surface area contributed by atoms with Crippen LogP contribution in [0.25, 0.3) is 0 Å². The molecule has 0 bridgehead atoms. The first-order valence-corrected chi connectivity index (χ1v) is 7.65. The third kappa shape index (κ3) is 20.0. The van der Waals surface area contributed by atoms with Crippen LogP contribution in [-0.4, -0.2) is 11.9 Å². The van der Waals surface area contributed by atoms with Crippen LogP contribution in [0.2, 0.25) is 0 Å². The van der Waals surface area contributed by atoms with Crippen molar-refractivity contribution in [3.8, 4) is 0 Å². The molecule has 1 unspecified atom stereocenters. The number of unbranched alkanes of at least 4 members (excludes halogenated alkanes) is 8. The predicted octanol–water partition coefficient (Wildman–Crippen LogP) is -4.41. The Morgan fingerprint density at radius 1 is 0.909 bits per heavy atom. The zero-order valence-electron chi connectivity index (χ0n) is 14.4. The van der Waals surface area contributed by atoms with Crippen LogP contribution < -0.4 is 113 Å². The molecule has 0 amide bonds. The van der Waals surface area contributed by atoms with E-state index in [9.17, 15) is 19.8 Å². The SMILES string of the molecule is CCCCCCCCCC/C=C/C(CC(=O)[O-])C(=O)[O-].[K+].[K+]. The summed E-state index contributed by atoms with van der Waals surface area (Å²) >= 11 is 0. The summed E-state index contributed by atoms with van der Waals surface area (Å²) < 4.78 is 0. The van der Waals surface area contributed by atoms with Gasteiger partial charge in [-0.1, -0.05) is 64.0 Å². The standard InChI is InChI=1S/C16H28O4.2K/c1-2-3-4-5-6-7-8-9-10-11-12-14(16(19)20)13-15(17)18;;/h11-12,14H,2-10,13H2,1H3,(H,17,18)(H,19,20);;/q;2*+1/p-2/b12-11+;;. The van der Waals surface area contributed by atoms with E-state index in [0.717, 1.165) is 19.3 Å². The summed E-state index contributed by atoms with van der Waals surface area (Å²) in [5, 5.41) is 21.0. The number of hydrogen-bond donors (Lipinski definition) is 0. The van der Waals surface area contributed by atoms with Crippen LogP contribution in [0.5, 0.6) is 0 Å². The molecule has 0 spiro atoms. The molecule has 0 aromatic heterocycles. The number of carbonyl (C=O) groups is 2. The van der Waals surface area contributed by atoms with Gasteiger partial charge in [0.1, 0.15) is 0 Å². The minimum Gasteiger partial charge on any atom is -0.550 e. The van der Waals surface area contributed by atoms with Gasteiger partial charge < -0.3 is 19.8 Å². The number of carbonyl (C=O) groups excluding carboxylic acids is 2. The monoisotopic (exact) mass is 360 g/mol. The van der Waals surface area contributed by atoms with Crippen molar-refractivity contribution in [3.63, 3.8) is 0 Å². The van der Waals surface area contributed by atoms with Crippen LogP contribution in [0.4, 0.5) is 0 Å². The van der Waals surface area contributed by atoms with E-state index >= 15 is 0 Å². The fourth-order valence-electron chi connectivity index (χ4n) is 2.07. The molecule has 6 heteroatoms. The maximum absolute atomic E-state index is 10.7. The molecule has 4 nitrogen and oxygen atoms in total. The van der Waals surface area contributed by atoms with Gasteiger partial charge in [-0.05, 0) is 19.3 Å². The summed E-state index contributed by atoms with van der Waals surface area (Å²) in [6, 6.07) is 0. The van der Waals surface area contributed by atoms with Gasteiger partial charge in [-0.3, -0.25) is 0 Å². The molecule has 1 atom stereocenters. The summed E-state index contributed by atoms with van der Waals surface area (Å²) in [5.41, 5.74) is 0. The largest absolute Gasteiger partial charge is 1.00 e. The Kier molecular flexibility index (Phi) is 27.4. The molecule has 0 rings (SSSR count). The second-order valence-electron chi connectivity index (χ2n) is 5.19. The van der Waals surface area contributed by atoms with Crippen LogP contribution in [-0.2, 0) is 9.59 Å². The summed E-state index contributed by atoms with van der Waals surface area (Å²) in [6.45, 7) is 2.20. The Balaban J connectivity index is -0.00000180. The maximum Gasteiger partial charge on any atom is 1.00 e. The molecule has 0 radical (unpaired) electrons. The molecule has 0 aliphatic carbocycles. The fraction of sp³-hybridized carbons (Fsp3) is 0.750. The Hall–Kier alpha value is 1.95. The van der Waals surface area contributed by atoms with Gasteiger partial charge in [0.05, 0.1) is 0 Å². The molecule has 0 aromatic carbocycles. The molecule has 0 saturated heterocycles. The van der Waals surface area contributed by atoms with Crippen molar-refractivity contribution in [2.75, 3.05) is 0 Å². The summed E-state index contributed by atoms with van der Waals surface area (Å²) in [5.74, 6) is -3.80. The normalized spacial score (nSPS) is 11.5. The van der Waals surface area contributed by atoms with Gasteiger partial charge in [0, 0.05) is 17.9 Å². The first-order valence-electron chi connectivity index (χ1n) is 7.65. The summed E-state index contributed by atoms with van der Waals surface area (Å²) in [7, 11) is 0. The third-order valence-corrected chi connectivity index (χ3v) is 3.28. The molecule has 0 saturated carbocycles. The number of aliphatic carboxylic acids is 2. The van der Waals surface area contributed by atoms with Gasteiger partial charge in [-0.2, -0.15) is 0 Å². The van der Waals surface area contributed by atoms with E-state index in [0.29, 0.717) is 0 Å². The smallest absolute Gasteiger partial charge is 0.550 e. The van der Waals surface area contributed by atoms with Crippen molar-refractivity contribution < 1.29 is 123 Å². The van der Waals surface area contributed by atoms with Crippen LogP contribution in [0.15, 0.2) is 12.2 Å². The van der Waals surface area contributed by atoms with E-state index in [1.54, 1.807) is 6.08 Å². The molecule has 0 aromatic rings. The predicted molar refractivity (Wildman–Crippen MR) is 74.5 cm³/mol. The number of allylic oxidation sites excluding steroid dienone is 1. The van der Waals surface area contributed by atoms with E-state index in [2.05, 4.69) is 6.92 Å². The van der Waals surface area contributed by atoms with E-state index in [1.807, 2.05) is 0 Å². The van der Waals surface area contributed by atoms with Crippen molar-refractivity contribution in [1.82, 2.24) is 0 Å². The van der Waals surface area contributed by atoms with Crippen LogP contribution in [0, 0.1) is 5.92 Å². The molecule has 0 heterocycles. The van der Waals surface area contributed by atoms with Crippen molar-refractivity contribution in [3.05, 3.63) is 12.2 Å². The molecule has 0 N–H and O–H groups in total. The second-order valence-corrected chi connectivity index (χ2v) is 5.19. The van der Waals surface area contributed by atoms with Gasteiger partial charge in [0.2, 0.25) is 0 Å². The maximum atomic E-state index is 10.7. The topological polar surface area (TPSA) is 80.3 Å². The van der Waals surface area contributed by atoms with E-state index in [1.165, 1.54) is 44.6 Å². The van der Waals surface area contributed by atoms with E-state index < -0.39 is 24.3 Å². The van der Waals surface area contributed by atoms with Gasteiger partial charge in [0.15, 0.2) is 0 Å². The quantitative estimate of drug-likeness (QED) is 0.189. The zero-order chi connectivity index (χ0) is 15.2. The number of hydrogen-bond acceptors (Lipinski definition) is 4. The number of carboxylic acid groups (broad SMARTS) is 2. The minimum atomic E-state index is -1.36. The first kappa shape index (κ1) is 28.7. The van der Waals surface area contributed by atoms with Crippen molar-refractivity contribution >= 4 is 11.9 Å². The fourth-order valence-corrected chi connectivity index (χ4v) is 2.07. The van der Waals surface area contributed by atoms with Crippen LogP contribution in [0.1, 0.15) is 71.1 Å². The molecule has 22 heavy (non-hydrogen) atoms. The van der Waals surface area contributed by atoms with E-state index in [-0.39, 0.29) is 103 Å². The number of rotatable bonds is 13. The molecular weight excluding hydrogens is 334 g/mol. The Bertz CT molecular complexity index is 307. The van der Waals surface area contributed by atoms with Crippen molar-refractivity contribution in [1.29, 1.82) is 0 Å². The van der Waals surface area contributed by atoms with Crippen LogP contribution >= 0.6 is 0 Å². The van der Waals surface area contributed by atoms with Crippen LogP contribution in [0.3, 0.4) is 0 Å². The Morgan fingerprint density at radius 3 is 1.86 bits per heavy atom. The molecule has 0 aliphatic heterocycles. The van der Waals surface area contributed by atoms with Crippen molar-refractivity contribution in [2.45, 2.75) is 71.1 Å². The molecule has 0 aliphatic rings. The summed E-state index contributed by atoms with van der Waals surface area (Å²) in [6.07, 6.45) is 13.2. The minimum absolute atomic E-state index is 0. The first-order chi connectivity index (χ1) is 9.57. The number of carboxylic acids is 2. The van der Waals surface area contributed by atoms with Gasteiger partial charge >= 0.3 is 103 Å². The molecule has 116 valence electrons. The Morgan fingerprint density at radius 2 is 1.41 bits per heavy atom. The molecular formula is C16H26K2O4. The van der Waals surface area contributed by atoms with Gasteiger partial charge in [0.25, 0.3) is 0 Å². The second kappa shape index (κ2) is 21.0. The zero-order valence-corrected chi connectivity index (χ0v) is 20.7. The summed E-state index contributed by atoms with van der Waals surface area (Å²) in [4.78, 5) is 21.0. The average molecular weight is 361 g/mol. The van der Waals surface area contributed by atoms with Crippen molar-refractivity contribution in [2.24, 2.45) is 5.92 Å². The van der Waals surface area contributed by atoms with Gasteiger partial charge in [-0.25, -0.2) is 0 Å².